The highest BCUT2D eigenvalue weighted by molar-refractivity contribution is 5.97. The Balaban J connectivity index is 1.63. The number of phenols is 1. The van der Waals surface area contributed by atoms with E-state index in [0.29, 0.717) is 17.5 Å². The molecule has 4 heteroatoms. The van der Waals surface area contributed by atoms with Crippen LogP contribution in [0.1, 0.15) is 41.6 Å². The second-order valence-corrected chi connectivity index (χ2v) is 6.35. The molecule has 1 aromatic carbocycles. The molecule has 4 nitrogen and oxygen atoms in total. The summed E-state index contributed by atoms with van der Waals surface area (Å²) in [5.74, 6) is 0.752. The maximum Gasteiger partial charge on any atom is 0.257 e. The fourth-order valence-corrected chi connectivity index (χ4v) is 3.61. The van der Waals surface area contributed by atoms with Crippen LogP contribution in [0.2, 0.25) is 0 Å². The third-order valence-corrected chi connectivity index (χ3v) is 4.88. The maximum absolute atomic E-state index is 12.6. The largest absolute Gasteiger partial charge is 0.507 e. The lowest BCUT2D eigenvalue weighted by atomic mass is 9.88. The fourth-order valence-electron chi connectivity index (χ4n) is 3.61. The molecular weight excluding hydrogens is 264 g/mol. The molecule has 0 aromatic heterocycles. The van der Waals surface area contributed by atoms with E-state index in [1.54, 1.807) is 12.1 Å². The normalized spacial score (nSPS) is 23.5. The summed E-state index contributed by atoms with van der Waals surface area (Å²) in [5, 5.41) is 13.5. The van der Waals surface area contributed by atoms with E-state index in [1.807, 2.05) is 17.9 Å². The molecule has 2 aliphatic rings. The van der Waals surface area contributed by atoms with Gasteiger partial charge in [0, 0.05) is 19.1 Å². The number of hydrogen-bond acceptors (Lipinski definition) is 3. The molecule has 1 aromatic rings. The van der Waals surface area contributed by atoms with Gasteiger partial charge in [0.05, 0.1) is 5.56 Å². The number of rotatable bonds is 2. The van der Waals surface area contributed by atoms with Gasteiger partial charge in [-0.25, -0.2) is 0 Å². The van der Waals surface area contributed by atoms with Crippen LogP contribution < -0.4 is 5.32 Å². The minimum atomic E-state index is -0.0333. The Morgan fingerprint density at radius 1 is 1.29 bits per heavy atom. The van der Waals surface area contributed by atoms with Crippen molar-refractivity contribution in [3.63, 3.8) is 0 Å². The first-order chi connectivity index (χ1) is 10.1. The molecule has 1 unspecified atom stereocenters. The van der Waals surface area contributed by atoms with Crippen LogP contribution in [0, 0.1) is 12.8 Å². The number of carbonyl (C=O) groups is 1. The van der Waals surface area contributed by atoms with Gasteiger partial charge in [-0.15, -0.1) is 0 Å². The number of nitrogens with zero attached hydrogens (tertiary/aromatic N) is 1. The van der Waals surface area contributed by atoms with Crippen LogP contribution in [0.25, 0.3) is 0 Å². The van der Waals surface area contributed by atoms with Crippen LogP contribution >= 0.6 is 0 Å². The van der Waals surface area contributed by atoms with Crippen LogP contribution in [-0.2, 0) is 0 Å². The summed E-state index contributed by atoms with van der Waals surface area (Å²) in [6, 6.07) is 5.86. The predicted octanol–water partition coefficient (Wildman–Crippen LogP) is 2.30. The van der Waals surface area contributed by atoms with Crippen molar-refractivity contribution in [2.24, 2.45) is 5.92 Å². The quantitative estimate of drug-likeness (QED) is 0.878. The minimum absolute atomic E-state index is 0.0333. The third-order valence-electron chi connectivity index (χ3n) is 4.88. The number of likely N-dealkylation sites (tertiary alicyclic amines) is 1. The number of aromatic hydroxyl groups is 1. The summed E-state index contributed by atoms with van der Waals surface area (Å²) < 4.78 is 0. The van der Waals surface area contributed by atoms with Crippen LogP contribution in [0.15, 0.2) is 18.2 Å². The molecule has 0 spiro atoms. The Bertz CT molecular complexity index is 516. The van der Waals surface area contributed by atoms with Gasteiger partial charge < -0.3 is 15.3 Å². The van der Waals surface area contributed by atoms with E-state index in [4.69, 9.17) is 0 Å². The fraction of sp³-hybridized carbons (Fsp3) is 0.588. The molecule has 2 heterocycles. The average molecular weight is 288 g/mol. The van der Waals surface area contributed by atoms with Crippen molar-refractivity contribution < 1.29 is 9.90 Å². The number of carbonyl (C=O) groups excluding carboxylic acids is 1. The van der Waals surface area contributed by atoms with E-state index in [0.717, 1.165) is 38.0 Å². The Morgan fingerprint density at radius 3 is 2.71 bits per heavy atom. The first-order valence-corrected chi connectivity index (χ1v) is 7.97. The Labute approximate surface area is 126 Å². The van der Waals surface area contributed by atoms with Crippen LogP contribution in [0.5, 0.6) is 5.75 Å². The van der Waals surface area contributed by atoms with E-state index in [2.05, 4.69) is 5.32 Å². The lowest BCUT2D eigenvalue weighted by Gasteiger charge is -2.35. The van der Waals surface area contributed by atoms with E-state index in [9.17, 15) is 9.90 Å². The van der Waals surface area contributed by atoms with Gasteiger partial charge in [0.15, 0.2) is 0 Å². The lowest BCUT2D eigenvalue weighted by molar-refractivity contribution is 0.0671. The number of phenolic OH excluding ortho intramolecular Hbond substituents is 1. The number of amides is 1. The second kappa shape index (κ2) is 6.06. The predicted molar refractivity (Wildman–Crippen MR) is 82.5 cm³/mol. The third kappa shape index (κ3) is 3.05. The maximum atomic E-state index is 12.6. The highest BCUT2D eigenvalue weighted by Gasteiger charge is 2.30. The number of nitrogens with one attached hydrogen (secondary N) is 1. The molecular formula is C17H24N2O2. The van der Waals surface area contributed by atoms with Gasteiger partial charge in [0.25, 0.3) is 5.91 Å². The molecule has 3 rings (SSSR count). The minimum Gasteiger partial charge on any atom is -0.507 e. The summed E-state index contributed by atoms with van der Waals surface area (Å²) >= 11 is 0. The van der Waals surface area contributed by atoms with Crippen molar-refractivity contribution in [1.82, 2.24) is 10.2 Å². The smallest absolute Gasteiger partial charge is 0.257 e. The summed E-state index contributed by atoms with van der Waals surface area (Å²) in [6.07, 6.45) is 4.68. The van der Waals surface area contributed by atoms with E-state index in [-0.39, 0.29) is 11.7 Å². The number of hydrogen-bond donors (Lipinski definition) is 2. The molecule has 114 valence electrons. The summed E-state index contributed by atoms with van der Waals surface area (Å²) in [4.78, 5) is 14.4. The molecule has 2 saturated heterocycles. The Hall–Kier alpha value is -1.55. The van der Waals surface area contributed by atoms with Gasteiger partial charge in [0.1, 0.15) is 5.75 Å². The SMILES string of the molecule is Cc1ccc(O)c(C(=O)N2CCC(C3CCCN3)CC2)c1. The molecule has 2 N–H and O–H groups in total. The van der Waals surface area contributed by atoms with Crippen molar-refractivity contribution in [3.8, 4) is 5.75 Å². The van der Waals surface area contributed by atoms with Crippen molar-refractivity contribution in [3.05, 3.63) is 29.3 Å². The first-order valence-electron chi connectivity index (χ1n) is 7.97. The average Bonchev–Trinajstić information content (AvgIpc) is 3.03. The van der Waals surface area contributed by atoms with Gasteiger partial charge in [-0.2, -0.15) is 0 Å². The summed E-state index contributed by atoms with van der Waals surface area (Å²) in [6.45, 7) is 4.68. The van der Waals surface area contributed by atoms with Gasteiger partial charge in [-0.3, -0.25) is 4.79 Å². The zero-order valence-corrected chi connectivity index (χ0v) is 12.6. The van der Waals surface area contributed by atoms with E-state index < -0.39 is 0 Å². The van der Waals surface area contributed by atoms with Crippen molar-refractivity contribution in [2.45, 2.75) is 38.6 Å². The summed E-state index contributed by atoms with van der Waals surface area (Å²) in [7, 11) is 0. The van der Waals surface area contributed by atoms with Crippen molar-refractivity contribution >= 4 is 5.91 Å². The van der Waals surface area contributed by atoms with Crippen molar-refractivity contribution in [2.75, 3.05) is 19.6 Å². The lowest BCUT2D eigenvalue weighted by Crippen LogP contribution is -2.43. The Kier molecular flexibility index (Phi) is 4.15. The molecule has 2 fully saturated rings. The number of benzene rings is 1. The van der Waals surface area contributed by atoms with Gasteiger partial charge >= 0.3 is 0 Å². The molecule has 1 atom stereocenters. The van der Waals surface area contributed by atoms with Crippen LogP contribution in [-0.4, -0.2) is 41.6 Å². The topological polar surface area (TPSA) is 52.6 Å². The number of aryl methyl sites for hydroxylation is 1. The molecule has 0 radical (unpaired) electrons. The number of piperidine rings is 1. The van der Waals surface area contributed by atoms with E-state index in [1.165, 1.54) is 12.8 Å². The standard InChI is InChI=1S/C17H24N2O2/c1-12-4-5-16(20)14(11-12)17(21)19-9-6-13(7-10-19)15-3-2-8-18-15/h4-5,11,13,15,18,20H,2-3,6-10H2,1H3. The molecule has 0 aliphatic carbocycles. The summed E-state index contributed by atoms with van der Waals surface area (Å²) in [5.41, 5.74) is 1.44. The zero-order chi connectivity index (χ0) is 14.8. The molecule has 0 bridgehead atoms. The molecule has 21 heavy (non-hydrogen) atoms. The highest BCUT2D eigenvalue weighted by Crippen LogP contribution is 2.28. The van der Waals surface area contributed by atoms with Crippen LogP contribution in [0.4, 0.5) is 0 Å². The van der Waals surface area contributed by atoms with E-state index >= 15 is 0 Å². The molecule has 0 saturated carbocycles. The van der Waals surface area contributed by atoms with Crippen molar-refractivity contribution in [1.29, 1.82) is 0 Å². The van der Waals surface area contributed by atoms with Gasteiger partial charge in [0.2, 0.25) is 0 Å². The van der Waals surface area contributed by atoms with Gasteiger partial charge in [-0.1, -0.05) is 11.6 Å². The van der Waals surface area contributed by atoms with Crippen LogP contribution in [0.3, 0.4) is 0 Å². The highest BCUT2D eigenvalue weighted by atomic mass is 16.3. The molecule has 2 aliphatic heterocycles. The second-order valence-electron chi connectivity index (χ2n) is 6.35. The van der Waals surface area contributed by atoms with Gasteiger partial charge in [-0.05, 0) is 57.2 Å². The monoisotopic (exact) mass is 288 g/mol. The first kappa shape index (κ1) is 14.4. The Morgan fingerprint density at radius 2 is 2.05 bits per heavy atom. The zero-order valence-electron chi connectivity index (χ0n) is 12.6. The molecule has 1 amide bonds.